The molecule has 0 aliphatic carbocycles. The van der Waals surface area contributed by atoms with Gasteiger partial charge >= 0.3 is 6.18 Å². The van der Waals surface area contributed by atoms with E-state index in [1.54, 1.807) is 12.1 Å². The van der Waals surface area contributed by atoms with Crippen LogP contribution in [0.25, 0.3) is 5.70 Å². The van der Waals surface area contributed by atoms with Crippen LogP contribution in [-0.2, 0) is 9.53 Å². The van der Waals surface area contributed by atoms with Gasteiger partial charge in [0, 0.05) is 73.4 Å². The molecule has 2 aromatic rings. The number of amides is 1. The molecule has 9 nitrogen and oxygen atoms in total. The lowest BCUT2D eigenvalue weighted by Crippen LogP contribution is -2.49. The first-order chi connectivity index (χ1) is 18.4. The number of carbonyl (C=O) groups is 1. The number of ether oxygens (including phenoxy) is 1. The van der Waals surface area contributed by atoms with E-state index in [1.165, 1.54) is 42.5 Å². The fourth-order valence-electron chi connectivity index (χ4n) is 3.85. The number of carbonyl (C=O) groups excluding carboxylic acids is 1. The van der Waals surface area contributed by atoms with Crippen molar-refractivity contribution in [3.05, 3.63) is 70.6 Å². The van der Waals surface area contributed by atoms with Crippen molar-refractivity contribution in [1.82, 2.24) is 14.8 Å². The van der Waals surface area contributed by atoms with Crippen molar-refractivity contribution in [2.24, 2.45) is 11.5 Å². The Kier molecular flexibility index (Phi) is 10.4. The number of pyridine rings is 1. The molecule has 0 saturated carbocycles. The summed E-state index contributed by atoms with van der Waals surface area (Å²) >= 11 is 5.96. The third kappa shape index (κ3) is 9.61. The van der Waals surface area contributed by atoms with Crippen LogP contribution in [0.15, 0.2) is 54.2 Å². The number of anilines is 2. The van der Waals surface area contributed by atoms with Crippen LogP contribution in [0.4, 0.5) is 29.1 Å². The smallest absolute Gasteiger partial charge is 0.401 e. The number of allylic oxidation sites excluding steroid dienone is 1. The largest absolute Gasteiger partial charge is 0.481 e. The zero-order valence-electron chi connectivity index (χ0n) is 21.2. The van der Waals surface area contributed by atoms with E-state index >= 15 is 0 Å². The van der Waals surface area contributed by atoms with E-state index < -0.39 is 18.5 Å². The van der Waals surface area contributed by atoms with Crippen LogP contribution >= 0.6 is 11.6 Å². The first-order valence-electron chi connectivity index (χ1n) is 11.9. The zero-order chi connectivity index (χ0) is 28.6. The maximum absolute atomic E-state index is 14.2. The summed E-state index contributed by atoms with van der Waals surface area (Å²) in [4.78, 5) is 19.9. The average Bonchev–Trinajstić information content (AvgIpc) is 2.88. The van der Waals surface area contributed by atoms with Crippen LogP contribution in [0.3, 0.4) is 0 Å². The molecule has 2 heterocycles. The lowest BCUT2D eigenvalue weighted by molar-refractivity contribution is -0.149. The van der Waals surface area contributed by atoms with Crippen LogP contribution in [0.5, 0.6) is 0 Å². The van der Waals surface area contributed by atoms with Crippen LogP contribution in [0.1, 0.15) is 12.0 Å². The van der Waals surface area contributed by atoms with E-state index in [0.717, 1.165) is 0 Å². The third-order valence-electron chi connectivity index (χ3n) is 5.85. The van der Waals surface area contributed by atoms with Crippen molar-refractivity contribution in [1.29, 1.82) is 0 Å². The molecular weight excluding hydrogens is 542 g/mol. The number of aromatic nitrogens is 1. The van der Waals surface area contributed by atoms with Gasteiger partial charge in [-0.2, -0.15) is 13.2 Å². The van der Waals surface area contributed by atoms with Gasteiger partial charge in [-0.05, 0) is 30.3 Å². The highest BCUT2D eigenvalue weighted by molar-refractivity contribution is 6.30. The minimum atomic E-state index is -4.22. The van der Waals surface area contributed by atoms with Gasteiger partial charge in [-0.3, -0.25) is 9.69 Å². The van der Waals surface area contributed by atoms with Crippen LogP contribution in [-0.4, -0.2) is 73.2 Å². The first kappa shape index (κ1) is 30.0. The summed E-state index contributed by atoms with van der Waals surface area (Å²) in [5.41, 5.74) is 12.9. The molecule has 0 atom stereocenters. The first-order valence-corrected chi connectivity index (χ1v) is 12.3. The number of nitrogens with two attached hydrogens (primary N) is 2. The fourth-order valence-corrected chi connectivity index (χ4v) is 4.02. The van der Waals surface area contributed by atoms with Gasteiger partial charge in [-0.15, -0.1) is 0 Å². The quantitative estimate of drug-likeness (QED) is 0.194. The second-order valence-electron chi connectivity index (χ2n) is 8.79. The highest BCUT2D eigenvalue weighted by Crippen LogP contribution is 2.23. The molecule has 1 aliphatic rings. The summed E-state index contributed by atoms with van der Waals surface area (Å²) in [6.45, 7) is 0.967. The van der Waals surface area contributed by atoms with E-state index in [9.17, 15) is 22.4 Å². The Bertz CT molecular complexity index is 1220. The Morgan fingerprint density at radius 1 is 1.13 bits per heavy atom. The van der Waals surface area contributed by atoms with Crippen LogP contribution < -0.4 is 22.1 Å². The van der Waals surface area contributed by atoms with Gasteiger partial charge in [0.2, 0.25) is 11.8 Å². The van der Waals surface area contributed by atoms with Gasteiger partial charge in [0.25, 0.3) is 0 Å². The normalized spacial score (nSPS) is 16.0. The van der Waals surface area contributed by atoms with Crippen molar-refractivity contribution in [3.8, 4) is 0 Å². The summed E-state index contributed by atoms with van der Waals surface area (Å²) in [5.74, 6) is -0.642. The number of hydrogen-bond acceptors (Lipinski definition) is 8. The van der Waals surface area contributed by atoms with E-state index in [2.05, 4.69) is 15.6 Å². The molecule has 0 unspecified atom stereocenters. The third-order valence-corrected chi connectivity index (χ3v) is 6.09. The predicted molar refractivity (Wildman–Crippen MR) is 142 cm³/mol. The molecule has 39 heavy (non-hydrogen) atoms. The van der Waals surface area contributed by atoms with Gasteiger partial charge in [0.15, 0.2) is 0 Å². The average molecular weight is 572 g/mol. The summed E-state index contributed by atoms with van der Waals surface area (Å²) < 4.78 is 57.0. The summed E-state index contributed by atoms with van der Waals surface area (Å²) in [6, 6.07) is 7.15. The number of rotatable bonds is 10. The number of hydrogen-bond donors (Lipinski definition) is 4. The van der Waals surface area contributed by atoms with Crippen molar-refractivity contribution in [3.63, 3.8) is 0 Å². The summed E-state index contributed by atoms with van der Waals surface area (Å²) in [5, 5.41) is 6.02. The molecule has 1 aromatic heterocycles. The van der Waals surface area contributed by atoms with Gasteiger partial charge in [0.05, 0.1) is 13.7 Å². The maximum atomic E-state index is 14.2. The Hall–Kier alpha value is -3.55. The molecule has 0 radical (unpaired) electrons. The number of nitrogens with zero attached hydrogens (tertiary/aromatic N) is 3. The molecule has 0 spiro atoms. The molecule has 6 N–H and O–H groups in total. The monoisotopic (exact) mass is 571 g/mol. The molecule has 1 aliphatic heterocycles. The van der Waals surface area contributed by atoms with Crippen LogP contribution in [0, 0.1) is 5.82 Å². The Morgan fingerprint density at radius 2 is 1.82 bits per heavy atom. The Labute approximate surface area is 228 Å². The predicted octanol–water partition coefficient (Wildman–Crippen LogP) is 3.57. The lowest BCUT2D eigenvalue weighted by atomic mass is 10.1. The summed E-state index contributed by atoms with van der Waals surface area (Å²) in [7, 11) is 1.36. The molecule has 14 heteroatoms. The topological polar surface area (TPSA) is 122 Å². The zero-order valence-corrected chi connectivity index (χ0v) is 21.9. The molecule has 1 aromatic carbocycles. The van der Waals surface area contributed by atoms with Crippen molar-refractivity contribution in [2.75, 3.05) is 57.0 Å². The molecular formula is C25H30ClF4N7O2. The van der Waals surface area contributed by atoms with Gasteiger partial charge in [0.1, 0.15) is 17.3 Å². The van der Waals surface area contributed by atoms with Crippen molar-refractivity contribution >= 4 is 34.7 Å². The number of nitrogens with one attached hydrogen (secondary N) is 2. The number of methoxy groups -OCH3 is 1. The number of piperazine rings is 1. The van der Waals surface area contributed by atoms with E-state index in [-0.39, 0.29) is 41.0 Å². The molecule has 212 valence electrons. The van der Waals surface area contributed by atoms with Gasteiger partial charge in [-0.1, -0.05) is 11.6 Å². The number of alkyl halides is 3. The SMILES string of the molecule is CO/C(N)=C(/C=C(\N)c1cc(Cl)ccc1F)Nc1ccnc(NC(=O)CCN2CCN(CC(F)(F)F)CC2)c1. The minimum Gasteiger partial charge on any atom is -0.481 e. The fraction of sp³-hybridized carbons (Fsp3) is 0.360. The highest BCUT2D eigenvalue weighted by atomic mass is 35.5. The second kappa shape index (κ2) is 13.5. The standard InChI is InChI=1S/C25H30ClF4N7O2/c1-39-24(32)21(14-20(31)18-12-16(26)2-3-19(18)27)34-17-4-6-33-22(13-17)35-23(38)5-7-36-8-10-37(11-9-36)15-25(28,29)30/h2-4,6,12-14H,5,7-11,15,31-32H2,1H3,(H2,33,34,35,38)/b20-14-,24-21-. The second-order valence-corrected chi connectivity index (χ2v) is 9.23. The number of benzene rings is 1. The minimum absolute atomic E-state index is 0.0295. The van der Waals surface area contributed by atoms with E-state index in [0.29, 0.717) is 43.4 Å². The van der Waals surface area contributed by atoms with Gasteiger partial charge in [-0.25, -0.2) is 9.37 Å². The summed E-state index contributed by atoms with van der Waals surface area (Å²) in [6.07, 6.45) is -1.23. The molecule has 0 bridgehead atoms. The van der Waals surface area contributed by atoms with E-state index in [4.69, 9.17) is 27.8 Å². The van der Waals surface area contributed by atoms with Crippen LogP contribution in [0.2, 0.25) is 5.02 Å². The molecule has 1 saturated heterocycles. The Balaban J connectivity index is 1.59. The number of halogens is 5. The van der Waals surface area contributed by atoms with Gasteiger partial charge < -0.3 is 31.7 Å². The molecule has 3 rings (SSSR count). The lowest BCUT2D eigenvalue weighted by Gasteiger charge is -2.34. The molecule has 1 fully saturated rings. The highest BCUT2D eigenvalue weighted by Gasteiger charge is 2.32. The molecule has 1 amide bonds. The Morgan fingerprint density at radius 3 is 2.49 bits per heavy atom. The van der Waals surface area contributed by atoms with Crippen molar-refractivity contribution < 1.29 is 27.1 Å². The maximum Gasteiger partial charge on any atom is 0.401 e. The van der Waals surface area contributed by atoms with Crippen molar-refractivity contribution in [2.45, 2.75) is 12.6 Å². The van der Waals surface area contributed by atoms with E-state index in [1.807, 2.05) is 4.90 Å².